The van der Waals surface area contributed by atoms with Gasteiger partial charge in [-0.3, -0.25) is 4.79 Å². The standard InChI is InChI=1S/C11H16N4O2/c1-2-9(12)10(16)14-7-4-3-5-8(6-7)15-11(13)17/h3-6,9H,2,12H2,1H3,(H,14,16)(H3,13,15,17). The van der Waals surface area contributed by atoms with E-state index in [9.17, 15) is 9.59 Å². The van der Waals surface area contributed by atoms with Gasteiger partial charge in [-0.05, 0) is 24.6 Å². The molecule has 0 aliphatic carbocycles. The Morgan fingerprint density at radius 2 is 1.88 bits per heavy atom. The molecule has 3 amide bonds. The Morgan fingerprint density at radius 1 is 1.29 bits per heavy atom. The molecule has 1 atom stereocenters. The lowest BCUT2D eigenvalue weighted by Crippen LogP contribution is -2.34. The van der Waals surface area contributed by atoms with Gasteiger partial charge in [0.2, 0.25) is 5.91 Å². The zero-order valence-electron chi connectivity index (χ0n) is 9.57. The maximum Gasteiger partial charge on any atom is 0.316 e. The summed E-state index contributed by atoms with van der Waals surface area (Å²) in [4.78, 5) is 22.2. The highest BCUT2D eigenvalue weighted by Gasteiger charge is 2.10. The molecule has 17 heavy (non-hydrogen) atoms. The first-order valence-corrected chi connectivity index (χ1v) is 5.26. The number of amides is 3. The van der Waals surface area contributed by atoms with Crippen LogP contribution in [0.5, 0.6) is 0 Å². The maximum absolute atomic E-state index is 11.5. The predicted octanol–water partition coefficient (Wildman–Crippen LogP) is 0.853. The Balaban J connectivity index is 2.72. The fraction of sp³-hybridized carbons (Fsp3) is 0.273. The van der Waals surface area contributed by atoms with Gasteiger partial charge in [-0.2, -0.15) is 0 Å². The molecule has 0 spiro atoms. The number of carbonyl (C=O) groups excluding carboxylic acids is 2. The van der Waals surface area contributed by atoms with E-state index in [2.05, 4.69) is 10.6 Å². The Morgan fingerprint density at radius 3 is 2.41 bits per heavy atom. The summed E-state index contributed by atoms with van der Waals surface area (Å²) >= 11 is 0. The molecule has 0 fully saturated rings. The minimum Gasteiger partial charge on any atom is -0.351 e. The third-order valence-electron chi connectivity index (χ3n) is 2.17. The van der Waals surface area contributed by atoms with E-state index in [1.54, 1.807) is 24.3 Å². The van der Waals surface area contributed by atoms with Crippen LogP contribution in [0.15, 0.2) is 24.3 Å². The number of hydrogen-bond acceptors (Lipinski definition) is 3. The summed E-state index contributed by atoms with van der Waals surface area (Å²) in [5.74, 6) is -0.260. The van der Waals surface area contributed by atoms with E-state index in [1.165, 1.54) is 0 Å². The summed E-state index contributed by atoms with van der Waals surface area (Å²) in [5, 5.41) is 5.07. The molecule has 0 aliphatic rings. The van der Waals surface area contributed by atoms with Gasteiger partial charge in [0.15, 0.2) is 0 Å². The van der Waals surface area contributed by atoms with Crippen LogP contribution in [-0.4, -0.2) is 18.0 Å². The van der Waals surface area contributed by atoms with Crippen LogP contribution in [0.1, 0.15) is 13.3 Å². The highest BCUT2D eigenvalue weighted by Crippen LogP contribution is 2.15. The monoisotopic (exact) mass is 236 g/mol. The van der Waals surface area contributed by atoms with Gasteiger partial charge in [-0.1, -0.05) is 13.0 Å². The van der Waals surface area contributed by atoms with E-state index in [-0.39, 0.29) is 5.91 Å². The minimum atomic E-state index is -0.654. The fourth-order valence-corrected chi connectivity index (χ4v) is 1.24. The first-order valence-electron chi connectivity index (χ1n) is 5.26. The zero-order chi connectivity index (χ0) is 12.8. The van der Waals surface area contributed by atoms with E-state index in [1.807, 2.05) is 6.92 Å². The fourth-order valence-electron chi connectivity index (χ4n) is 1.24. The van der Waals surface area contributed by atoms with Gasteiger partial charge in [0, 0.05) is 11.4 Å². The molecule has 1 aromatic carbocycles. The van der Waals surface area contributed by atoms with Crippen molar-refractivity contribution < 1.29 is 9.59 Å². The number of nitrogens with two attached hydrogens (primary N) is 2. The summed E-state index contributed by atoms with van der Waals surface area (Å²) in [6.07, 6.45) is 0.561. The van der Waals surface area contributed by atoms with E-state index >= 15 is 0 Å². The Hall–Kier alpha value is -2.08. The molecule has 0 aromatic heterocycles. The quantitative estimate of drug-likeness (QED) is 0.622. The summed E-state index contributed by atoms with van der Waals surface area (Å²) in [6, 6.07) is 5.47. The van der Waals surface area contributed by atoms with Crippen molar-refractivity contribution in [2.45, 2.75) is 19.4 Å². The molecule has 92 valence electrons. The van der Waals surface area contributed by atoms with Crippen molar-refractivity contribution in [1.29, 1.82) is 0 Å². The van der Waals surface area contributed by atoms with Gasteiger partial charge in [0.05, 0.1) is 6.04 Å². The summed E-state index contributed by atoms with van der Waals surface area (Å²) in [5.41, 5.74) is 11.6. The average Bonchev–Trinajstić information content (AvgIpc) is 2.27. The van der Waals surface area contributed by atoms with Gasteiger partial charge >= 0.3 is 6.03 Å². The molecule has 0 radical (unpaired) electrons. The lowest BCUT2D eigenvalue weighted by molar-refractivity contribution is -0.117. The van der Waals surface area contributed by atoms with Gasteiger partial charge < -0.3 is 22.1 Å². The molecule has 1 unspecified atom stereocenters. The molecule has 1 rings (SSSR count). The second kappa shape index (κ2) is 5.86. The molecule has 0 aliphatic heterocycles. The van der Waals surface area contributed by atoms with Gasteiger partial charge in [-0.25, -0.2) is 4.79 Å². The summed E-state index contributed by atoms with van der Waals surface area (Å²) < 4.78 is 0. The van der Waals surface area contributed by atoms with Crippen LogP contribution in [0.3, 0.4) is 0 Å². The molecule has 1 aromatic rings. The lowest BCUT2D eigenvalue weighted by Gasteiger charge is -2.11. The minimum absolute atomic E-state index is 0.260. The number of carbonyl (C=O) groups is 2. The highest BCUT2D eigenvalue weighted by molar-refractivity contribution is 5.95. The van der Waals surface area contributed by atoms with Crippen LogP contribution in [0, 0.1) is 0 Å². The zero-order valence-corrected chi connectivity index (χ0v) is 9.57. The number of anilines is 2. The van der Waals surface area contributed by atoms with Crippen molar-refractivity contribution in [2.24, 2.45) is 11.5 Å². The molecular formula is C11H16N4O2. The van der Waals surface area contributed by atoms with Crippen molar-refractivity contribution >= 4 is 23.3 Å². The number of nitrogens with one attached hydrogen (secondary N) is 2. The van der Waals surface area contributed by atoms with E-state index in [0.717, 1.165) is 0 Å². The average molecular weight is 236 g/mol. The lowest BCUT2D eigenvalue weighted by atomic mass is 10.2. The molecule has 6 heteroatoms. The summed E-state index contributed by atoms with van der Waals surface area (Å²) in [7, 11) is 0. The third-order valence-corrected chi connectivity index (χ3v) is 2.17. The smallest absolute Gasteiger partial charge is 0.316 e. The largest absolute Gasteiger partial charge is 0.351 e. The van der Waals surface area contributed by atoms with Crippen LogP contribution in [0.25, 0.3) is 0 Å². The SMILES string of the molecule is CCC(N)C(=O)Nc1cccc(NC(N)=O)c1. The van der Waals surface area contributed by atoms with Crippen LogP contribution < -0.4 is 22.1 Å². The van der Waals surface area contributed by atoms with Crippen LogP contribution in [-0.2, 0) is 4.79 Å². The van der Waals surface area contributed by atoms with E-state index < -0.39 is 12.1 Å². The Bertz CT molecular complexity index is 420. The van der Waals surface area contributed by atoms with Crippen molar-refractivity contribution in [3.05, 3.63) is 24.3 Å². The van der Waals surface area contributed by atoms with Crippen molar-refractivity contribution in [1.82, 2.24) is 0 Å². The van der Waals surface area contributed by atoms with Gasteiger partial charge in [-0.15, -0.1) is 0 Å². The number of rotatable bonds is 4. The maximum atomic E-state index is 11.5. The molecule has 6 N–H and O–H groups in total. The first-order chi connectivity index (χ1) is 8.02. The number of hydrogen-bond donors (Lipinski definition) is 4. The van der Waals surface area contributed by atoms with Crippen LogP contribution in [0.2, 0.25) is 0 Å². The predicted molar refractivity (Wildman–Crippen MR) is 66.5 cm³/mol. The second-order valence-corrected chi connectivity index (χ2v) is 3.57. The van der Waals surface area contributed by atoms with Crippen molar-refractivity contribution in [3.8, 4) is 0 Å². The van der Waals surface area contributed by atoms with E-state index in [4.69, 9.17) is 11.5 Å². The van der Waals surface area contributed by atoms with Gasteiger partial charge in [0.25, 0.3) is 0 Å². The van der Waals surface area contributed by atoms with Crippen LogP contribution in [0.4, 0.5) is 16.2 Å². The van der Waals surface area contributed by atoms with Gasteiger partial charge in [0.1, 0.15) is 0 Å². The number of urea groups is 1. The topological polar surface area (TPSA) is 110 Å². The second-order valence-electron chi connectivity index (χ2n) is 3.57. The first kappa shape index (κ1) is 13.0. The third kappa shape index (κ3) is 4.12. The molecule has 0 saturated carbocycles. The molecular weight excluding hydrogens is 220 g/mol. The Labute approximate surface area is 99.4 Å². The van der Waals surface area contributed by atoms with E-state index in [0.29, 0.717) is 17.8 Å². The number of benzene rings is 1. The van der Waals surface area contributed by atoms with Crippen molar-refractivity contribution in [3.63, 3.8) is 0 Å². The number of primary amides is 1. The Kier molecular flexibility index (Phi) is 4.47. The summed E-state index contributed by atoms with van der Waals surface area (Å²) in [6.45, 7) is 1.83. The molecule has 0 heterocycles. The molecule has 0 saturated heterocycles. The highest BCUT2D eigenvalue weighted by atomic mass is 16.2. The van der Waals surface area contributed by atoms with Crippen LogP contribution >= 0.6 is 0 Å². The van der Waals surface area contributed by atoms with Crippen molar-refractivity contribution in [2.75, 3.05) is 10.6 Å². The molecule has 0 bridgehead atoms. The normalized spacial score (nSPS) is 11.6. The molecule has 6 nitrogen and oxygen atoms in total.